The van der Waals surface area contributed by atoms with E-state index < -0.39 is 17.8 Å². The molecule has 1 aromatic rings. The average molecular weight is 346 g/mol. The van der Waals surface area contributed by atoms with Gasteiger partial charge in [0.05, 0.1) is 12.2 Å². The summed E-state index contributed by atoms with van der Waals surface area (Å²) in [6.45, 7) is 4.24. The summed E-state index contributed by atoms with van der Waals surface area (Å²) in [6, 6.07) is 4.87. The van der Waals surface area contributed by atoms with Gasteiger partial charge in [0, 0.05) is 32.7 Å². The van der Waals surface area contributed by atoms with Crippen molar-refractivity contribution in [2.24, 2.45) is 0 Å². The van der Waals surface area contributed by atoms with Gasteiger partial charge in [0.2, 0.25) is 0 Å². The number of halogens is 3. The number of β-amino-alcohol motifs (C(OH)–C–C–N with tert-alkyl or cyclic N) is 1. The number of hydrogen-bond donors (Lipinski definition) is 1. The predicted octanol–water partition coefficient (Wildman–Crippen LogP) is 1.61. The maximum absolute atomic E-state index is 13.0. The van der Waals surface area contributed by atoms with Crippen LogP contribution in [0.25, 0.3) is 0 Å². The second kappa shape index (κ2) is 7.85. The van der Waals surface area contributed by atoms with Crippen molar-refractivity contribution < 1.29 is 27.8 Å². The molecule has 1 saturated heterocycles. The quantitative estimate of drug-likeness (QED) is 0.880. The van der Waals surface area contributed by atoms with Crippen molar-refractivity contribution in [1.82, 2.24) is 9.80 Å². The Morgan fingerprint density at radius 1 is 1.25 bits per heavy atom. The van der Waals surface area contributed by atoms with E-state index in [-0.39, 0.29) is 18.3 Å². The summed E-state index contributed by atoms with van der Waals surface area (Å²) >= 11 is 0. The van der Waals surface area contributed by atoms with Gasteiger partial charge in [-0.3, -0.25) is 9.69 Å². The van der Waals surface area contributed by atoms with Gasteiger partial charge in [-0.25, -0.2) is 0 Å². The van der Waals surface area contributed by atoms with Crippen LogP contribution in [0.4, 0.5) is 13.2 Å². The van der Waals surface area contributed by atoms with Crippen LogP contribution >= 0.6 is 0 Å². The number of carbonyl (C=O) groups excluding carboxylic acids is 1. The van der Waals surface area contributed by atoms with Crippen molar-refractivity contribution in [3.63, 3.8) is 0 Å². The lowest BCUT2D eigenvalue weighted by molar-refractivity contribution is -0.144. The van der Waals surface area contributed by atoms with Crippen molar-refractivity contribution in [3.8, 4) is 5.75 Å². The van der Waals surface area contributed by atoms with E-state index in [9.17, 15) is 18.0 Å². The Hall–Kier alpha value is -1.80. The van der Waals surface area contributed by atoms with Crippen LogP contribution in [0.5, 0.6) is 5.75 Å². The molecule has 134 valence electrons. The van der Waals surface area contributed by atoms with E-state index in [4.69, 9.17) is 9.84 Å². The van der Waals surface area contributed by atoms with Crippen LogP contribution in [-0.4, -0.2) is 66.2 Å². The molecule has 0 saturated carbocycles. The van der Waals surface area contributed by atoms with E-state index in [2.05, 4.69) is 0 Å². The van der Waals surface area contributed by atoms with Crippen molar-refractivity contribution in [3.05, 3.63) is 29.8 Å². The van der Waals surface area contributed by atoms with E-state index in [0.29, 0.717) is 32.7 Å². The number of rotatable bonds is 5. The Morgan fingerprint density at radius 2 is 1.88 bits per heavy atom. The maximum atomic E-state index is 13.0. The first-order valence-electron chi connectivity index (χ1n) is 7.78. The van der Waals surface area contributed by atoms with Gasteiger partial charge in [0.15, 0.2) is 6.10 Å². The first kappa shape index (κ1) is 18.5. The molecule has 1 amide bonds. The topological polar surface area (TPSA) is 53.0 Å². The van der Waals surface area contributed by atoms with Crippen LogP contribution in [0.15, 0.2) is 24.3 Å². The fourth-order valence-corrected chi connectivity index (χ4v) is 2.63. The third-order valence-electron chi connectivity index (χ3n) is 3.94. The number of aliphatic hydroxyl groups is 1. The summed E-state index contributed by atoms with van der Waals surface area (Å²) in [5.74, 6) is -0.680. The molecule has 1 atom stereocenters. The molecule has 1 aliphatic heterocycles. The van der Waals surface area contributed by atoms with Crippen LogP contribution < -0.4 is 4.74 Å². The number of para-hydroxylation sites is 1. The highest BCUT2D eigenvalue weighted by Gasteiger charge is 2.35. The van der Waals surface area contributed by atoms with Gasteiger partial charge in [-0.05, 0) is 19.1 Å². The van der Waals surface area contributed by atoms with Crippen LogP contribution in [0.2, 0.25) is 0 Å². The lowest BCUT2D eigenvalue weighted by Gasteiger charge is -2.35. The van der Waals surface area contributed by atoms with Gasteiger partial charge in [0.1, 0.15) is 5.75 Å². The third-order valence-corrected chi connectivity index (χ3v) is 3.94. The van der Waals surface area contributed by atoms with Gasteiger partial charge in [0.25, 0.3) is 5.91 Å². The number of benzene rings is 1. The van der Waals surface area contributed by atoms with E-state index in [1.807, 2.05) is 4.90 Å². The van der Waals surface area contributed by atoms with Gasteiger partial charge in [-0.2, -0.15) is 13.2 Å². The fraction of sp³-hybridized carbons (Fsp3) is 0.562. The standard InChI is InChI=1S/C16H21F3N2O3/c1-12(15(23)21-8-6-20(7-9-21)10-11-22)24-14-5-3-2-4-13(14)16(17,18)19/h2-5,12,22H,6-11H2,1H3/t12-/m0/s1. The molecule has 1 N–H and O–H groups in total. The van der Waals surface area contributed by atoms with Crippen molar-refractivity contribution in [1.29, 1.82) is 0 Å². The molecule has 0 aliphatic carbocycles. The van der Waals surface area contributed by atoms with Crippen LogP contribution in [0.1, 0.15) is 12.5 Å². The molecule has 0 radical (unpaired) electrons. The van der Waals surface area contributed by atoms with E-state index in [0.717, 1.165) is 6.07 Å². The number of hydrogen-bond acceptors (Lipinski definition) is 4. The summed E-state index contributed by atoms with van der Waals surface area (Å²) < 4.78 is 44.2. The largest absolute Gasteiger partial charge is 0.480 e. The van der Waals surface area contributed by atoms with Gasteiger partial charge >= 0.3 is 6.18 Å². The van der Waals surface area contributed by atoms with Gasteiger partial charge in [-0.15, -0.1) is 0 Å². The Kier molecular flexibility index (Phi) is 6.06. The minimum atomic E-state index is -4.53. The van der Waals surface area contributed by atoms with Crippen LogP contribution in [-0.2, 0) is 11.0 Å². The molecule has 8 heteroatoms. The fourth-order valence-electron chi connectivity index (χ4n) is 2.63. The number of nitrogens with zero attached hydrogens (tertiary/aromatic N) is 2. The molecule has 1 aliphatic rings. The second-order valence-corrected chi connectivity index (χ2v) is 5.64. The van der Waals surface area contributed by atoms with Gasteiger partial charge < -0.3 is 14.7 Å². The second-order valence-electron chi connectivity index (χ2n) is 5.64. The van der Waals surface area contributed by atoms with Gasteiger partial charge in [-0.1, -0.05) is 12.1 Å². The maximum Gasteiger partial charge on any atom is 0.419 e. The third kappa shape index (κ3) is 4.61. The minimum absolute atomic E-state index is 0.0572. The highest BCUT2D eigenvalue weighted by atomic mass is 19.4. The zero-order chi connectivity index (χ0) is 17.7. The molecule has 0 spiro atoms. The molecule has 0 bridgehead atoms. The lowest BCUT2D eigenvalue weighted by Crippen LogP contribution is -2.52. The number of carbonyl (C=O) groups is 1. The lowest BCUT2D eigenvalue weighted by atomic mass is 10.2. The Bertz CT molecular complexity index is 558. The minimum Gasteiger partial charge on any atom is -0.480 e. The Labute approximate surface area is 138 Å². The monoisotopic (exact) mass is 346 g/mol. The van der Waals surface area contributed by atoms with Crippen LogP contribution in [0.3, 0.4) is 0 Å². The summed E-state index contributed by atoms with van der Waals surface area (Å²) in [5.41, 5.74) is -0.891. The molecule has 1 aromatic carbocycles. The van der Waals surface area contributed by atoms with E-state index in [1.165, 1.54) is 25.1 Å². The first-order valence-corrected chi connectivity index (χ1v) is 7.78. The van der Waals surface area contributed by atoms with Crippen LogP contribution in [0, 0.1) is 0 Å². The molecule has 5 nitrogen and oxygen atoms in total. The molecular formula is C16H21F3N2O3. The number of piperazine rings is 1. The zero-order valence-corrected chi connectivity index (χ0v) is 13.4. The predicted molar refractivity (Wildman–Crippen MR) is 81.6 cm³/mol. The van der Waals surface area contributed by atoms with Crippen molar-refractivity contribution in [2.45, 2.75) is 19.2 Å². The SMILES string of the molecule is C[C@H](Oc1ccccc1C(F)(F)F)C(=O)N1CCN(CCO)CC1. The number of amides is 1. The molecule has 24 heavy (non-hydrogen) atoms. The van der Waals surface area contributed by atoms with E-state index in [1.54, 1.807) is 4.90 Å². The molecule has 2 rings (SSSR count). The molecule has 1 heterocycles. The summed E-state index contributed by atoms with van der Waals surface area (Å²) in [7, 11) is 0. The van der Waals surface area contributed by atoms with Crippen molar-refractivity contribution in [2.75, 3.05) is 39.3 Å². The smallest absolute Gasteiger partial charge is 0.419 e. The number of ether oxygens (including phenoxy) is 1. The highest BCUT2D eigenvalue weighted by Crippen LogP contribution is 2.36. The summed E-state index contributed by atoms with van der Waals surface area (Å²) in [6.07, 6.45) is -5.53. The summed E-state index contributed by atoms with van der Waals surface area (Å²) in [4.78, 5) is 16.0. The normalized spacial score (nSPS) is 17.6. The molecule has 1 fully saturated rings. The number of alkyl halides is 3. The zero-order valence-electron chi connectivity index (χ0n) is 13.4. The summed E-state index contributed by atoms with van der Waals surface area (Å²) in [5, 5.41) is 8.90. The highest BCUT2D eigenvalue weighted by molar-refractivity contribution is 5.81. The molecule has 0 unspecified atom stereocenters. The Morgan fingerprint density at radius 3 is 2.46 bits per heavy atom. The molecular weight excluding hydrogens is 325 g/mol. The molecule has 0 aromatic heterocycles. The van der Waals surface area contributed by atoms with Crippen molar-refractivity contribution >= 4 is 5.91 Å². The first-order chi connectivity index (χ1) is 11.3. The number of aliphatic hydroxyl groups excluding tert-OH is 1. The Balaban J connectivity index is 1.98. The average Bonchev–Trinajstić information content (AvgIpc) is 2.54. The van der Waals surface area contributed by atoms with E-state index >= 15 is 0 Å².